The Morgan fingerprint density at radius 2 is 2.19 bits per heavy atom. The zero-order chi connectivity index (χ0) is 19.1. The van der Waals surface area contributed by atoms with Gasteiger partial charge in [0.25, 0.3) is 0 Å². The Hall–Kier alpha value is -1.95. The van der Waals surface area contributed by atoms with Crippen molar-refractivity contribution in [1.82, 2.24) is 19.8 Å². The zero-order valence-electron chi connectivity index (χ0n) is 16.7. The van der Waals surface area contributed by atoms with Crippen molar-refractivity contribution in [3.05, 3.63) is 53.6 Å². The second-order valence-corrected chi connectivity index (χ2v) is 8.35. The summed E-state index contributed by atoms with van der Waals surface area (Å²) >= 11 is 2.09. The van der Waals surface area contributed by atoms with Gasteiger partial charge in [-0.1, -0.05) is 31.2 Å². The maximum absolute atomic E-state index is 4.93. The summed E-state index contributed by atoms with van der Waals surface area (Å²) in [5, 5.41) is 4.19. The fraction of sp³-hybridized carbons (Fsp3) is 0.524. The monoisotopic (exact) mass is 385 g/mol. The first kappa shape index (κ1) is 19.8. The molecule has 0 amide bonds. The molecule has 146 valence electrons. The lowest BCUT2D eigenvalue weighted by molar-refractivity contribution is 0.408. The molecule has 1 fully saturated rings. The minimum absolute atomic E-state index is 0.708. The number of nitrogens with one attached hydrogen (secondary N) is 1. The van der Waals surface area contributed by atoms with Crippen molar-refractivity contribution < 1.29 is 0 Å². The van der Waals surface area contributed by atoms with E-state index < -0.39 is 0 Å². The molecule has 6 heteroatoms. The molecule has 1 atom stereocenters. The van der Waals surface area contributed by atoms with Crippen LogP contribution in [0.4, 0.5) is 0 Å². The van der Waals surface area contributed by atoms with Crippen LogP contribution < -0.4 is 5.32 Å². The summed E-state index contributed by atoms with van der Waals surface area (Å²) in [6.07, 6.45) is 5.10. The molecule has 1 saturated heterocycles. The molecule has 1 aromatic heterocycles. The van der Waals surface area contributed by atoms with Gasteiger partial charge < -0.3 is 14.8 Å². The number of thioether (sulfide) groups is 1. The maximum Gasteiger partial charge on any atom is 0.194 e. The molecule has 3 rings (SSSR count). The average Bonchev–Trinajstić information content (AvgIpc) is 3.10. The topological polar surface area (TPSA) is 45.5 Å². The normalized spacial score (nSPS) is 18.0. The molecule has 0 aliphatic carbocycles. The standard InChI is InChI=1S/C21H31N5S/c1-4-20-16-26(11-12-27-20)21(22-5-2)24-14-18-7-6-8-19(13-18)15-25-10-9-23-17(25)3/h6-10,13,20H,4-5,11-12,14-16H2,1-3H3,(H,22,24). The van der Waals surface area contributed by atoms with Gasteiger partial charge in [-0.3, -0.25) is 0 Å². The Bertz CT molecular complexity index is 755. The van der Waals surface area contributed by atoms with E-state index in [1.165, 1.54) is 23.3 Å². The molecule has 1 N–H and O–H groups in total. The third-order valence-electron chi connectivity index (χ3n) is 4.91. The summed E-state index contributed by atoms with van der Waals surface area (Å²) in [5.41, 5.74) is 2.54. The van der Waals surface area contributed by atoms with Gasteiger partial charge in [0.15, 0.2) is 5.96 Å². The van der Waals surface area contributed by atoms with E-state index in [-0.39, 0.29) is 0 Å². The largest absolute Gasteiger partial charge is 0.357 e. The Labute approximate surface area is 167 Å². The van der Waals surface area contributed by atoms with Crippen LogP contribution >= 0.6 is 11.8 Å². The summed E-state index contributed by atoms with van der Waals surface area (Å²) in [5.74, 6) is 3.27. The molecule has 0 bridgehead atoms. The number of aliphatic imine (C=N–C) groups is 1. The summed E-state index contributed by atoms with van der Waals surface area (Å²) in [6, 6.07) is 8.72. The highest BCUT2D eigenvalue weighted by Gasteiger charge is 2.21. The van der Waals surface area contributed by atoms with Crippen LogP contribution in [0.3, 0.4) is 0 Å². The van der Waals surface area contributed by atoms with Gasteiger partial charge in [0.2, 0.25) is 0 Å². The van der Waals surface area contributed by atoms with Crippen molar-refractivity contribution in [2.45, 2.75) is 45.5 Å². The number of nitrogens with zero attached hydrogens (tertiary/aromatic N) is 4. The Morgan fingerprint density at radius 1 is 1.33 bits per heavy atom. The minimum atomic E-state index is 0.708. The van der Waals surface area contributed by atoms with Crippen molar-refractivity contribution in [2.24, 2.45) is 4.99 Å². The Balaban J connectivity index is 1.68. The summed E-state index contributed by atoms with van der Waals surface area (Å²) in [7, 11) is 0. The smallest absolute Gasteiger partial charge is 0.194 e. The van der Waals surface area contributed by atoms with Crippen LogP contribution in [0.1, 0.15) is 37.2 Å². The Kier molecular flexibility index (Phi) is 7.21. The van der Waals surface area contributed by atoms with Crippen LogP contribution in [0.5, 0.6) is 0 Å². The van der Waals surface area contributed by atoms with Gasteiger partial charge >= 0.3 is 0 Å². The molecule has 0 spiro atoms. The van der Waals surface area contributed by atoms with Gasteiger partial charge in [0.1, 0.15) is 5.82 Å². The van der Waals surface area contributed by atoms with Crippen LogP contribution in [-0.4, -0.2) is 51.0 Å². The highest BCUT2D eigenvalue weighted by Crippen LogP contribution is 2.21. The highest BCUT2D eigenvalue weighted by atomic mass is 32.2. The molecule has 1 aliphatic heterocycles. The predicted octanol–water partition coefficient (Wildman–Crippen LogP) is 3.53. The van der Waals surface area contributed by atoms with E-state index in [0.29, 0.717) is 11.8 Å². The second kappa shape index (κ2) is 9.83. The molecular weight excluding hydrogens is 354 g/mol. The molecule has 5 nitrogen and oxygen atoms in total. The maximum atomic E-state index is 4.93. The van der Waals surface area contributed by atoms with Crippen molar-refractivity contribution in [1.29, 1.82) is 0 Å². The lowest BCUT2D eigenvalue weighted by Gasteiger charge is -2.34. The van der Waals surface area contributed by atoms with Crippen molar-refractivity contribution in [3.63, 3.8) is 0 Å². The number of aryl methyl sites for hydroxylation is 1. The number of benzene rings is 1. The first-order chi connectivity index (χ1) is 13.2. The van der Waals surface area contributed by atoms with Crippen molar-refractivity contribution in [2.75, 3.05) is 25.4 Å². The van der Waals surface area contributed by atoms with E-state index in [4.69, 9.17) is 4.99 Å². The van der Waals surface area contributed by atoms with Gasteiger partial charge in [-0.2, -0.15) is 11.8 Å². The van der Waals surface area contributed by atoms with Gasteiger partial charge in [0.05, 0.1) is 6.54 Å². The molecule has 27 heavy (non-hydrogen) atoms. The molecule has 0 radical (unpaired) electrons. The predicted molar refractivity (Wildman–Crippen MR) is 115 cm³/mol. The first-order valence-electron chi connectivity index (χ1n) is 9.90. The minimum Gasteiger partial charge on any atom is -0.357 e. The van der Waals surface area contributed by atoms with Crippen LogP contribution in [-0.2, 0) is 13.1 Å². The Morgan fingerprint density at radius 3 is 2.93 bits per heavy atom. The quantitative estimate of drug-likeness (QED) is 0.610. The summed E-state index contributed by atoms with van der Waals surface area (Å²) in [6.45, 7) is 11.1. The summed E-state index contributed by atoms with van der Waals surface area (Å²) in [4.78, 5) is 11.7. The third kappa shape index (κ3) is 5.51. The van der Waals surface area contributed by atoms with E-state index >= 15 is 0 Å². The number of rotatable bonds is 6. The SMILES string of the molecule is CCNC(=NCc1cccc(Cn2ccnc2C)c1)N1CCSC(CC)C1. The third-order valence-corrected chi connectivity index (χ3v) is 6.28. The van der Waals surface area contributed by atoms with Crippen LogP contribution in [0, 0.1) is 6.92 Å². The lowest BCUT2D eigenvalue weighted by atomic mass is 10.1. The molecule has 1 aliphatic rings. The molecule has 2 heterocycles. The van der Waals surface area contributed by atoms with Crippen molar-refractivity contribution >= 4 is 17.7 Å². The van der Waals surface area contributed by atoms with E-state index in [1.807, 2.05) is 19.3 Å². The van der Waals surface area contributed by atoms with Crippen molar-refractivity contribution in [3.8, 4) is 0 Å². The average molecular weight is 386 g/mol. The second-order valence-electron chi connectivity index (χ2n) is 6.94. The molecular formula is C21H31N5S. The molecule has 1 aromatic carbocycles. The van der Waals surface area contributed by atoms with Crippen LogP contribution in [0.15, 0.2) is 41.7 Å². The summed E-state index contributed by atoms with van der Waals surface area (Å²) < 4.78 is 2.17. The number of hydrogen-bond acceptors (Lipinski definition) is 3. The molecule has 2 aromatic rings. The highest BCUT2D eigenvalue weighted by molar-refractivity contribution is 8.00. The number of aromatic nitrogens is 2. The van der Waals surface area contributed by atoms with E-state index in [0.717, 1.165) is 38.0 Å². The van der Waals surface area contributed by atoms with Gasteiger partial charge in [-0.25, -0.2) is 9.98 Å². The van der Waals surface area contributed by atoms with Gasteiger partial charge in [0, 0.05) is 49.6 Å². The number of guanidine groups is 1. The van der Waals surface area contributed by atoms with E-state index in [1.54, 1.807) is 0 Å². The fourth-order valence-corrected chi connectivity index (χ4v) is 4.52. The van der Waals surface area contributed by atoms with E-state index in [9.17, 15) is 0 Å². The number of imidazole rings is 1. The van der Waals surface area contributed by atoms with E-state index in [2.05, 4.69) is 69.6 Å². The first-order valence-corrected chi connectivity index (χ1v) is 10.9. The molecule has 1 unspecified atom stereocenters. The zero-order valence-corrected chi connectivity index (χ0v) is 17.5. The fourth-order valence-electron chi connectivity index (χ4n) is 3.34. The lowest BCUT2D eigenvalue weighted by Crippen LogP contribution is -2.48. The van der Waals surface area contributed by atoms with Crippen LogP contribution in [0.2, 0.25) is 0 Å². The van der Waals surface area contributed by atoms with Gasteiger partial charge in [-0.05, 0) is 31.4 Å². The number of hydrogen-bond donors (Lipinski definition) is 1. The van der Waals surface area contributed by atoms with Gasteiger partial charge in [-0.15, -0.1) is 0 Å². The van der Waals surface area contributed by atoms with Crippen LogP contribution in [0.25, 0.3) is 0 Å². The molecule has 0 saturated carbocycles.